The van der Waals surface area contributed by atoms with Crippen molar-refractivity contribution in [1.82, 2.24) is 14.9 Å². The van der Waals surface area contributed by atoms with E-state index in [-0.39, 0.29) is 17.6 Å². The second-order valence-electron chi connectivity index (χ2n) is 5.63. The number of nitrogen functional groups attached to an aromatic ring is 1. The van der Waals surface area contributed by atoms with Crippen LogP contribution in [-0.2, 0) is 4.79 Å². The van der Waals surface area contributed by atoms with Crippen molar-refractivity contribution in [1.29, 1.82) is 0 Å². The van der Waals surface area contributed by atoms with Crippen LogP contribution in [-0.4, -0.2) is 39.9 Å². The number of nitrogens with one attached hydrogen (secondary N) is 2. The van der Waals surface area contributed by atoms with Crippen molar-refractivity contribution in [3.8, 4) is 5.75 Å². The lowest BCUT2D eigenvalue weighted by molar-refractivity contribution is -0.113. The van der Waals surface area contributed by atoms with Gasteiger partial charge in [-0.3, -0.25) is 4.79 Å². The van der Waals surface area contributed by atoms with Crippen LogP contribution in [0.2, 0.25) is 0 Å². The van der Waals surface area contributed by atoms with E-state index in [0.717, 1.165) is 21.8 Å². The van der Waals surface area contributed by atoms with Gasteiger partial charge in [0.05, 0.1) is 24.8 Å². The van der Waals surface area contributed by atoms with Gasteiger partial charge in [0.2, 0.25) is 11.1 Å². The van der Waals surface area contributed by atoms with Gasteiger partial charge >= 0.3 is 0 Å². The summed E-state index contributed by atoms with van der Waals surface area (Å²) >= 11 is 4.53. The molecule has 29 heavy (non-hydrogen) atoms. The van der Waals surface area contributed by atoms with Gasteiger partial charge in [0.25, 0.3) is 5.95 Å². The molecular formula is C18H18BrN7O2S. The number of carbonyl (C=O) groups is 1. The molecular weight excluding hydrogens is 458 g/mol. The number of para-hydroxylation sites is 2. The number of halogens is 1. The Kier molecular flexibility index (Phi) is 7.09. The number of carbonyl (C=O) groups excluding carboxylic acids is 1. The molecule has 1 heterocycles. The number of nitrogens with two attached hydrogens (primary N) is 1. The Labute approximate surface area is 179 Å². The predicted octanol–water partition coefficient (Wildman–Crippen LogP) is 2.94. The Bertz CT molecular complexity index is 1010. The third-order valence-electron chi connectivity index (χ3n) is 3.63. The van der Waals surface area contributed by atoms with Crippen molar-refractivity contribution in [3.63, 3.8) is 0 Å². The third-order valence-corrected chi connectivity index (χ3v) is 5.10. The van der Waals surface area contributed by atoms with Crippen LogP contribution in [0.1, 0.15) is 5.56 Å². The van der Waals surface area contributed by atoms with Crippen molar-refractivity contribution in [2.24, 2.45) is 5.10 Å². The number of ether oxygens (including phenoxy) is 1. The first-order valence-electron chi connectivity index (χ1n) is 8.37. The minimum Gasteiger partial charge on any atom is -0.495 e. The number of nitrogens with zero attached hydrogens (tertiary/aromatic N) is 4. The molecule has 0 spiro atoms. The largest absolute Gasteiger partial charge is 0.495 e. The van der Waals surface area contributed by atoms with E-state index in [1.165, 1.54) is 4.68 Å². The SMILES string of the molecule is COc1ccccc1NC(=O)CSc1nnc(N/N=C/c2ccc(Br)cc2)n1N. The summed E-state index contributed by atoms with van der Waals surface area (Å²) in [4.78, 5) is 12.2. The molecule has 0 aliphatic rings. The first kappa shape index (κ1) is 20.7. The van der Waals surface area contributed by atoms with Gasteiger partial charge in [-0.1, -0.05) is 52.0 Å². The highest BCUT2D eigenvalue weighted by molar-refractivity contribution is 9.10. The Morgan fingerprint density at radius 1 is 1.28 bits per heavy atom. The molecule has 0 aliphatic carbocycles. The minimum atomic E-state index is -0.217. The lowest BCUT2D eigenvalue weighted by atomic mass is 10.2. The number of methoxy groups -OCH3 is 1. The Morgan fingerprint density at radius 2 is 2.03 bits per heavy atom. The molecule has 1 amide bonds. The van der Waals surface area contributed by atoms with E-state index in [4.69, 9.17) is 10.6 Å². The normalized spacial score (nSPS) is 10.8. The number of hydrogen-bond acceptors (Lipinski definition) is 8. The molecule has 0 saturated carbocycles. The monoisotopic (exact) mass is 475 g/mol. The van der Waals surface area contributed by atoms with E-state index in [2.05, 4.69) is 42.0 Å². The van der Waals surface area contributed by atoms with E-state index < -0.39 is 0 Å². The van der Waals surface area contributed by atoms with E-state index >= 15 is 0 Å². The zero-order valence-electron chi connectivity index (χ0n) is 15.4. The van der Waals surface area contributed by atoms with Gasteiger partial charge in [-0.15, -0.1) is 10.2 Å². The molecule has 0 unspecified atom stereocenters. The van der Waals surface area contributed by atoms with Gasteiger partial charge in [0.1, 0.15) is 5.75 Å². The number of benzene rings is 2. The maximum Gasteiger partial charge on any atom is 0.264 e. The average Bonchev–Trinajstić information content (AvgIpc) is 3.08. The quantitative estimate of drug-likeness (QED) is 0.198. The fraction of sp³-hybridized carbons (Fsp3) is 0.111. The molecule has 4 N–H and O–H groups in total. The van der Waals surface area contributed by atoms with Gasteiger partial charge < -0.3 is 15.9 Å². The number of aromatic nitrogens is 3. The minimum absolute atomic E-state index is 0.107. The standard InChI is InChI=1S/C18H18BrN7O2S/c1-28-15-5-3-2-4-14(15)22-16(27)11-29-18-25-24-17(26(18)20)23-21-10-12-6-8-13(19)9-7-12/h2-10H,11,20H2,1H3,(H,22,27)(H,23,24)/b21-10+. The molecule has 3 rings (SSSR count). The molecule has 150 valence electrons. The summed E-state index contributed by atoms with van der Waals surface area (Å²) in [6, 6.07) is 14.8. The number of anilines is 2. The summed E-state index contributed by atoms with van der Waals surface area (Å²) in [6.45, 7) is 0. The molecule has 0 aliphatic heterocycles. The van der Waals surface area contributed by atoms with Crippen LogP contribution in [0.5, 0.6) is 5.75 Å². The summed E-state index contributed by atoms with van der Waals surface area (Å²) in [7, 11) is 1.55. The Balaban J connectivity index is 1.54. The maximum absolute atomic E-state index is 12.2. The molecule has 1 aromatic heterocycles. The van der Waals surface area contributed by atoms with Crippen LogP contribution in [0.3, 0.4) is 0 Å². The van der Waals surface area contributed by atoms with Crippen LogP contribution in [0.4, 0.5) is 11.6 Å². The van der Waals surface area contributed by atoms with Crippen molar-refractivity contribution in [2.45, 2.75) is 5.16 Å². The van der Waals surface area contributed by atoms with E-state index in [1.54, 1.807) is 25.5 Å². The van der Waals surface area contributed by atoms with Gasteiger partial charge in [-0.25, -0.2) is 10.1 Å². The molecule has 0 fully saturated rings. The lowest BCUT2D eigenvalue weighted by Crippen LogP contribution is -2.17. The number of thioether (sulfide) groups is 1. The Morgan fingerprint density at radius 3 is 2.79 bits per heavy atom. The first-order chi connectivity index (χ1) is 14.1. The van der Waals surface area contributed by atoms with Crippen LogP contribution in [0.25, 0.3) is 0 Å². The molecule has 9 nitrogen and oxygen atoms in total. The van der Waals surface area contributed by atoms with E-state index in [1.807, 2.05) is 36.4 Å². The second-order valence-corrected chi connectivity index (χ2v) is 7.49. The zero-order chi connectivity index (χ0) is 20.6. The third kappa shape index (κ3) is 5.72. The number of rotatable bonds is 8. The number of hydrogen-bond donors (Lipinski definition) is 3. The van der Waals surface area contributed by atoms with Gasteiger partial charge in [0.15, 0.2) is 0 Å². The van der Waals surface area contributed by atoms with E-state index in [9.17, 15) is 4.79 Å². The van der Waals surface area contributed by atoms with E-state index in [0.29, 0.717) is 16.6 Å². The van der Waals surface area contributed by atoms with Crippen LogP contribution >= 0.6 is 27.7 Å². The predicted molar refractivity (Wildman–Crippen MR) is 118 cm³/mol. The summed E-state index contributed by atoms with van der Waals surface area (Å²) in [6.07, 6.45) is 1.63. The van der Waals surface area contributed by atoms with Gasteiger partial charge in [-0.2, -0.15) is 5.10 Å². The summed E-state index contributed by atoms with van der Waals surface area (Å²) in [5.41, 5.74) is 4.24. The van der Waals surface area contributed by atoms with Crippen molar-refractivity contribution >= 4 is 51.4 Å². The highest BCUT2D eigenvalue weighted by Crippen LogP contribution is 2.24. The lowest BCUT2D eigenvalue weighted by Gasteiger charge is -2.09. The fourth-order valence-electron chi connectivity index (χ4n) is 2.23. The fourth-order valence-corrected chi connectivity index (χ4v) is 3.15. The van der Waals surface area contributed by atoms with Crippen molar-refractivity contribution in [2.75, 3.05) is 29.4 Å². The van der Waals surface area contributed by atoms with Crippen molar-refractivity contribution in [3.05, 3.63) is 58.6 Å². The topological polar surface area (TPSA) is 119 Å². The zero-order valence-corrected chi connectivity index (χ0v) is 17.8. The van der Waals surface area contributed by atoms with Gasteiger partial charge in [-0.05, 0) is 29.8 Å². The summed E-state index contributed by atoms with van der Waals surface area (Å²) < 4.78 is 7.44. The second kappa shape index (κ2) is 9.94. The summed E-state index contributed by atoms with van der Waals surface area (Å²) in [5.74, 6) is 6.69. The molecule has 0 bridgehead atoms. The number of amides is 1. The first-order valence-corrected chi connectivity index (χ1v) is 10.2. The Hall–Kier alpha value is -3.05. The molecule has 11 heteroatoms. The molecule has 3 aromatic rings. The van der Waals surface area contributed by atoms with Crippen LogP contribution < -0.4 is 21.3 Å². The highest BCUT2D eigenvalue weighted by Gasteiger charge is 2.13. The van der Waals surface area contributed by atoms with Crippen molar-refractivity contribution < 1.29 is 9.53 Å². The van der Waals surface area contributed by atoms with Crippen LogP contribution in [0.15, 0.2) is 63.3 Å². The van der Waals surface area contributed by atoms with Crippen LogP contribution in [0, 0.1) is 0 Å². The summed E-state index contributed by atoms with van der Waals surface area (Å²) in [5, 5.41) is 15.2. The highest BCUT2D eigenvalue weighted by atomic mass is 79.9. The smallest absolute Gasteiger partial charge is 0.264 e. The van der Waals surface area contributed by atoms with Gasteiger partial charge in [0, 0.05) is 4.47 Å². The average molecular weight is 476 g/mol. The molecule has 0 radical (unpaired) electrons. The molecule has 2 aromatic carbocycles. The maximum atomic E-state index is 12.2. The molecule has 0 atom stereocenters. The number of hydrazone groups is 1. The molecule has 0 saturated heterocycles.